The Morgan fingerprint density at radius 2 is 1.58 bits per heavy atom. The molecule has 2 aliphatic rings. The van der Waals surface area contributed by atoms with E-state index in [-0.39, 0.29) is 11.8 Å². The van der Waals surface area contributed by atoms with Gasteiger partial charge in [0.05, 0.1) is 5.56 Å². The SMILES string of the molecule is O=C(O[C@H](C(=O)N1CCCCC1)c1ccccc1)c1ccc(CN2CCCC2=O)cc1. The second-order valence-electron chi connectivity index (χ2n) is 8.20. The predicted octanol–water partition coefficient (Wildman–Crippen LogP) is 3.72. The van der Waals surface area contributed by atoms with E-state index in [1.807, 2.05) is 47.4 Å². The van der Waals surface area contributed by atoms with Crippen LogP contribution >= 0.6 is 0 Å². The molecule has 4 rings (SSSR count). The van der Waals surface area contributed by atoms with Crippen LogP contribution in [-0.4, -0.2) is 47.2 Å². The maximum absolute atomic E-state index is 13.2. The highest BCUT2D eigenvalue weighted by atomic mass is 16.5. The molecule has 0 N–H and O–H groups in total. The molecule has 0 saturated carbocycles. The lowest BCUT2D eigenvalue weighted by molar-refractivity contribution is -0.142. The molecule has 0 aliphatic carbocycles. The third kappa shape index (κ3) is 5.13. The smallest absolute Gasteiger partial charge is 0.339 e. The average Bonchev–Trinajstić information content (AvgIpc) is 3.22. The summed E-state index contributed by atoms with van der Waals surface area (Å²) in [6, 6.07) is 16.3. The number of amides is 2. The van der Waals surface area contributed by atoms with Crippen molar-refractivity contribution in [3.05, 3.63) is 71.3 Å². The van der Waals surface area contributed by atoms with Gasteiger partial charge in [-0.2, -0.15) is 0 Å². The Balaban J connectivity index is 1.46. The minimum atomic E-state index is -0.950. The first-order valence-electron chi connectivity index (χ1n) is 11.0. The summed E-state index contributed by atoms with van der Waals surface area (Å²) in [7, 11) is 0. The number of rotatable bonds is 6. The van der Waals surface area contributed by atoms with Crippen LogP contribution < -0.4 is 0 Å². The van der Waals surface area contributed by atoms with Gasteiger partial charge in [0, 0.05) is 38.2 Å². The first-order valence-corrected chi connectivity index (χ1v) is 11.0. The summed E-state index contributed by atoms with van der Waals surface area (Å²) in [4.78, 5) is 41.5. The number of esters is 1. The molecule has 6 nitrogen and oxygen atoms in total. The number of hydrogen-bond acceptors (Lipinski definition) is 4. The van der Waals surface area contributed by atoms with Gasteiger partial charge in [-0.3, -0.25) is 9.59 Å². The van der Waals surface area contributed by atoms with Crippen molar-refractivity contribution in [3.8, 4) is 0 Å². The van der Waals surface area contributed by atoms with Gasteiger partial charge >= 0.3 is 5.97 Å². The number of piperidine rings is 1. The molecule has 6 heteroatoms. The van der Waals surface area contributed by atoms with Crippen LogP contribution in [0.3, 0.4) is 0 Å². The van der Waals surface area contributed by atoms with E-state index < -0.39 is 12.1 Å². The molecule has 2 aliphatic heterocycles. The molecule has 2 aromatic rings. The van der Waals surface area contributed by atoms with Crippen molar-refractivity contribution in [1.82, 2.24) is 9.80 Å². The normalized spacial score (nSPS) is 17.5. The highest BCUT2D eigenvalue weighted by molar-refractivity contribution is 5.92. The third-order valence-corrected chi connectivity index (χ3v) is 5.95. The minimum absolute atomic E-state index is 0.164. The molecule has 0 radical (unpaired) electrons. The molecule has 2 amide bonds. The Labute approximate surface area is 182 Å². The molecule has 2 fully saturated rings. The molecule has 162 valence electrons. The highest BCUT2D eigenvalue weighted by Crippen LogP contribution is 2.24. The topological polar surface area (TPSA) is 66.9 Å². The van der Waals surface area contributed by atoms with Crippen molar-refractivity contribution < 1.29 is 19.1 Å². The second-order valence-corrected chi connectivity index (χ2v) is 8.20. The van der Waals surface area contributed by atoms with Gasteiger partial charge in [0.25, 0.3) is 5.91 Å². The quantitative estimate of drug-likeness (QED) is 0.668. The van der Waals surface area contributed by atoms with Gasteiger partial charge in [0.15, 0.2) is 0 Å². The van der Waals surface area contributed by atoms with Crippen molar-refractivity contribution >= 4 is 17.8 Å². The molecule has 0 unspecified atom stereocenters. The van der Waals surface area contributed by atoms with E-state index in [0.717, 1.165) is 37.8 Å². The predicted molar refractivity (Wildman–Crippen MR) is 116 cm³/mol. The van der Waals surface area contributed by atoms with Crippen LogP contribution in [0, 0.1) is 0 Å². The van der Waals surface area contributed by atoms with Gasteiger partial charge < -0.3 is 14.5 Å². The van der Waals surface area contributed by atoms with Gasteiger partial charge in [-0.25, -0.2) is 4.79 Å². The second kappa shape index (κ2) is 9.77. The molecule has 0 aromatic heterocycles. The molecule has 1 atom stereocenters. The molecule has 0 spiro atoms. The summed E-state index contributed by atoms with van der Waals surface area (Å²) in [5, 5.41) is 0. The first kappa shape index (κ1) is 21.1. The minimum Gasteiger partial charge on any atom is -0.444 e. The number of benzene rings is 2. The van der Waals surface area contributed by atoms with Gasteiger partial charge in [-0.1, -0.05) is 42.5 Å². The Kier molecular flexibility index (Phi) is 6.65. The number of hydrogen-bond donors (Lipinski definition) is 0. The Bertz CT molecular complexity index is 920. The van der Waals surface area contributed by atoms with E-state index in [4.69, 9.17) is 4.74 Å². The number of ether oxygens (including phenoxy) is 1. The number of carbonyl (C=O) groups excluding carboxylic acids is 3. The molecular formula is C25H28N2O4. The summed E-state index contributed by atoms with van der Waals surface area (Å²) in [6.07, 6.45) is 3.62. The van der Waals surface area contributed by atoms with Crippen LogP contribution in [-0.2, 0) is 20.9 Å². The summed E-state index contributed by atoms with van der Waals surface area (Å²) in [5.74, 6) is -0.517. The van der Waals surface area contributed by atoms with E-state index in [2.05, 4.69) is 0 Å². The maximum Gasteiger partial charge on any atom is 0.339 e. The number of likely N-dealkylation sites (tertiary alicyclic amines) is 2. The molecule has 2 aromatic carbocycles. The van der Waals surface area contributed by atoms with Crippen molar-refractivity contribution in [2.75, 3.05) is 19.6 Å². The van der Waals surface area contributed by atoms with Crippen molar-refractivity contribution in [1.29, 1.82) is 0 Å². The summed E-state index contributed by atoms with van der Waals surface area (Å²) in [5.41, 5.74) is 2.04. The molecule has 0 bridgehead atoms. The largest absolute Gasteiger partial charge is 0.444 e. The van der Waals surface area contributed by atoms with Gasteiger partial charge in [0.2, 0.25) is 12.0 Å². The van der Waals surface area contributed by atoms with Crippen LogP contribution in [0.1, 0.15) is 59.7 Å². The van der Waals surface area contributed by atoms with Crippen molar-refractivity contribution in [3.63, 3.8) is 0 Å². The lowest BCUT2D eigenvalue weighted by Crippen LogP contribution is -2.40. The molecular weight excluding hydrogens is 392 g/mol. The van der Waals surface area contributed by atoms with Crippen LogP contribution in [0.25, 0.3) is 0 Å². The van der Waals surface area contributed by atoms with Crippen molar-refractivity contribution in [2.24, 2.45) is 0 Å². The Morgan fingerprint density at radius 3 is 2.23 bits per heavy atom. The summed E-state index contributed by atoms with van der Waals surface area (Å²) >= 11 is 0. The lowest BCUT2D eigenvalue weighted by atomic mass is 10.1. The summed E-state index contributed by atoms with van der Waals surface area (Å²) in [6.45, 7) is 2.72. The Hall–Kier alpha value is -3.15. The third-order valence-electron chi connectivity index (χ3n) is 5.95. The van der Waals surface area contributed by atoms with Gasteiger partial charge in [-0.15, -0.1) is 0 Å². The van der Waals surface area contributed by atoms with E-state index in [1.165, 1.54) is 0 Å². The zero-order chi connectivity index (χ0) is 21.6. The van der Waals surface area contributed by atoms with E-state index >= 15 is 0 Å². The summed E-state index contributed by atoms with van der Waals surface area (Å²) < 4.78 is 5.73. The fourth-order valence-electron chi connectivity index (χ4n) is 4.18. The van der Waals surface area contributed by atoms with Gasteiger partial charge in [0.1, 0.15) is 0 Å². The van der Waals surface area contributed by atoms with Crippen LogP contribution in [0.5, 0.6) is 0 Å². The van der Waals surface area contributed by atoms with Crippen LogP contribution in [0.2, 0.25) is 0 Å². The van der Waals surface area contributed by atoms with E-state index in [0.29, 0.717) is 37.2 Å². The Morgan fingerprint density at radius 1 is 0.871 bits per heavy atom. The highest BCUT2D eigenvalue weighted by Gasteiger charge is 2.30. The molecule has 31 heavy (non-hydrogen) atoms. The number of carbonyl (C=O) groups is 3. The fourth-order valence-corrected chi connectivity index (χ4v) is 4.18. The average molecular weight is 421 g/mol. The molecule has 2 saturated heterocycles. The lowest BCUT2D eigenvalue weighted by Gasteiger charge is -2.30. The van der Waals surface area contributed by atoms with Crippen LogP contribution in [0.4, 0.5) is 0 Å². The zero-order valence-electron chi connectivity index (χ0n) is 17.7. The van der Waals surface area contributed by atoms with Crippen LogP contribution in [0.15, 0.2) is 54.6 Å². The standard InChI is InChI=1S/C25H28N2O4/c28-22-10-7-17-27(22)18-19-11-13-21(14-12-19)25(30)31-23(20-8-3-1-4-9-20)24(29)26-15-5-2-6-16-26/h1,3-4,8-9,11-14,23H,2,5-7,10,15-18H2/t23-/m0/s1. The van der Waals surface area contributed by atoms with Gasteiger partial charge in [-0.05, 0) is 43.4 Å². The fraction of sp³-hybridized carbons (Fsp3) is 0.400. The zero-order valence-corrected chi connectivity index (χ0v) is 17.7. The maximum atomic E-state index is 13.2. The first-order chi connectivity index (χ1) is 15.1. The van der Waals surface area contributed by atoms with Crippen molar-refractivity contribution in [2.45, 2.75) is 44.8 Å². The van der Waals surface area contributed by atoms with E-state index in [1.54, 1.807) is 17.0 Å². The van der Waals surface area contributed by atoms with E-state index in [9.17, 15) is 14.4 Å². The monoisotopic (exact) mass is 420 g/mol. The number of nitrogens with zero attached hydrogens (tertiary/aromatic N) is 2. The molecule has 2 heterocycles.